The number of hydrogen-bond donors (Lipinski definition) is 1. The molecule has 78 valence electrons. The van der Waals surface area contributed by atoms with Crippen LogP contribution in [0.5, 0.6) is 0 Å². The molecule has 1 atom stereocenters. The summed E-state index contributed by atoms with van der Waals surface area (Å²) < 4.78 is 5.02. The van der Waals surface area contributed by atoms with Crippen LogP contribution in [0.2, 0.25) is 0 Å². The normalized spacial score (nSPS) is 24.0. The smallest absolute Gasteiger partial charge is 0.0474 e. The lowest BCUT2D eigenvalue weighted by atomic mass is 10.1. The molecular formula is C10H21NO2. The highest BCUT2D eigenvalue weighted by molar-refractivity contribution is 4.78. The predicted octanol–water partition coefficient (Wildman–Crippen LogP) is 0.870. The Hall–Kier alpha value is -0.120. The summed E-state index contributed by atoms with van der Waals surface area (Å²) in [6.45, 7) is 3.50. The summed E-state index contributed by atoms with van der Waals surface area (Å²) in [5.41, 5.74) is 0. The van der Waals surface area contributed by atoms with E-state index < -0.39 is 0 Å². The molecule has 1 aliphatic rings. The second-order valence-corrected chi connectivity index (χ2v) is 3.69. The van der Waals surface area contributed by atoms with Gasteiger partial charge < -0.3 is 14.7 Å². The maximum Gasteiger partial charge on any atom is 0.0474 e. The first kappa shape index (κ1) is 11.0. The van der Waals surface area contributed by atoms with Crippen LogP contribution in [0.15, 0.2) is 0 Å². The van der Waals surface area contributed by atoms with Gasteiger partial charge in [-0.1, -0.05) is 0 Å². The number of aliphatic hydroxyl groups excluding tert-OH is 1. The van der Waals surface area contributed by atoms with Gasteiger partial charge in [-0.15, -0.1) is 0 Å². The van der Waals surface area contributed by atoms with E-state index in [1.54, 1.807) is 7.11 Å². The Labute approximate surface area is 80.7 Å². The van der Waals surface area contributed by atoms with Crippen molar-refractivity contribution in [3.05, 3.63) is 0 Å². The van der Waals surface area contributed by atoms with Gasteiger partial charge in [0.05, 0.1) is 0 Å². The molecule has 3 heteroatoms. The van der Waals surface area contributed by atoms with E-state index in [0.29, 0.717) is 12.6 Å². The lowest BCUT2D eigenvalue weighted by Gasteiger charge is -2.23. The lowest BCUT2D eigenvalue weighted by Crippen LogP contribution is -2.31. The van der Waals surface area contributed by atoms with Crippen molar-refractivity contribution in [1.29, 1.82) is 0 Å². The zero-order chi connectivity index (χ0) is 9.52. The van der Waals surface area contributed by atoms with E-state index in [9.17, 15) is 0 Å². The maximum absolute atomic E-state index is 8.86. The molecule has 0 aromatic rings. The van der Waals surface area contributed by atoms with Crippen molar-refractivity contribution < 1.29 is 9.84 Å². The second-order valence-electron chi connectivity index (χ2n) is 3.69. The van der Waals surface area contributed by atoms with Gasteiger partial charge in [0.15, 0.2) is 0 Å². The molecule has 1 fully saturated rings. The molecule has 0 aromatic heterocycles. The van der Waals surface area contributed by atoms with Gasteiger partial charge in [0.25, 0.3) is 0 Å². The van der Waals surface area contributed by atoms with E-state index in [0.717, 1.165) is 26.0 Å². The highest BCUT2D eigenvalue weighted by atomic mass is 16.5. The van der Waals surface area contributed by atoms with Gasteiger partial charge in [-0.05, 0) is 32.2 Å². The molecule has 0 spiro atoms. The molecule has 1 heterocycles. The zero-order valence-corrected chi connectivity index (χ0v) is 8.54. The van der Waals surface area contributed by atoms with E-state index in [1.165, 1.54) is 19.4 Å². The Morgan fingerprint density at radius 3 is 3.08 bits per heavy atom. The topological polar surface area (TPSA) is 32.7 Å². The Kier molecular flexibility index (Phi) is 5.35. The minimum absolute atomic E-state index is 0.325. The third-order valence-corrected chi connectivity index (χ3v) is 2.76. The lowest BCUT2D eigenvalue weighted by molar-refractivity contribution is 0.155. The highest BCUT2D eigenvalue weighted by Crippen LogP contribution is 2.19. The van der Waals surface area contributed by atoms with Gasteiger partial charge in [-0.2, -0.15) is 0 Å². The summed E-state index contributed by atoms with van der Waals surface area (Å²) in [5.74, 6) is 0. The molecule has 3 nitrogen and oxygen atoms in total. The molecule has 13 heavy (non-hydrogen) atoms. The minimum atomic E-state index is 0.325. The number of methoxy groups -OCH3 is 1. The van der Waals surface area contributed by atoms with Crippen LogP contribution in [0.1, 0.15) is 25.7 Å². The summed E-state index contributed by atoms with van der Waals surface area (Å²) in [5, 5.41) is 8.86. The van der Waals surface area contributed by atoms with Crippen LogP contribution in [-0.2, 0) is 4.74 Å². The first-order chi connectivity index (χ1) is 6.38. The summed E-state index contributed by atoms with van der Waals surface area (Å²) in [4.78, 5) is 2.48. The fourth-order valence-electron chi connectivity index (χ4n) is 2.08. The Morgan fingerprint density at radius 2 is 2.38 bits per heavy atom. The average Bonchev–Trinajstić information content (AvgIpc) is 2.54. The molecule has 1 aliphatic heterocycles. The fourth-order valence-corrected chi connectivity index (χ4v) is 2.08. The molecular weight excluding hydrogens is 166 g/mol. The molecule has 0 aromatic carbocycles. The zero-order valence-electron chi connectivity index (χ0n) is 8.54. The van der Waals surface area contributed by atoms with Gasteiger partial charge in [-0.25, -0.2) is 0 Å². The van der Waals surface area contributed by atoms with Crippen LogP contribution in [-0.4, -0.2) is 49.5 Å². The minimum Gasteiger partial charge on any atom is -0.396 e. The summed E-state index contributed by atoms with van der Waals surface area (Å²) in [6.07, 6.45) is 4.59. The van der Waals surface area contributed by atoms with Crippen molar-refractivity contribution >= 4 is 0 Å². The van der Waals surface area contributed by atoms with Crippen LogP contribution >= 0.6 is 0 Å². The van der Waals surface area contributed by atoms with Gasteiger partial charge >= 0.3 is 0 Å². The first-order valence-corrected chi connectivity index (χ1v) is 5.22. The van der Waals surface area contributed by atoms with Crippen LogP contribution in [0.25, 0.3) is 0 Å². The van der Waals surface area contributed by atoms with Crippen LogP contribution in [0.4, 0.5) is 0 Å². The van der Waals surface area contributed by atoms with Crippen molar-refractivity contribution in [3.63, 3.8) is 0 Å². The third-order valence-electron chi connectivity index (χ3n) is 2.76. The van der Waals surface area contributed by atoms with E-state index in [1.807, 2.05) is 0 Å². The second kappa shape index (κ2) is 6.35. The standard InChI is InChI=1S/C10H21NO2/c1-13-9-3-7-11-6-2-4-10(11)5-8-12/h10,12H,2-9H2,1H3. The van der Waals surface area contributed by atoms with E-state index in [4.69, 9.17) is 9.84 Å². The van der Waals surface area contributed by atoms with Crippen LogP contribution < -0.4 is 0 Å². The van der Waals surface area contributed by atoms with E-state index in [-0.39, 0.29) is 0 Å². The largest absolute Gasteiger partial charge is 0.396 e. The number of nitrogens with zero attached hydrogens (tertiary/aromatic N) is 1. The Morgan fingerprint density at radius 1 is 1.54 bits per heavy atom. The van der Waals surface area contributed by atoms with Crippen molar-refractivity contribution in [3.8, 4) is 0 Å². The first-order valence-electron chi connectivity index (χ1n) is 5.22. The van der Waals surface area contributed by atoms with E-state index >= 15 is 0 Å². The molecule has 0 aliphatic carbocycles. The van der Waals surface area contributed by atoms with Crippen molar-refractivity contribution in [2.75, 3.05) is 33.4 Å². The quantitative estimate of drug-likeness (QED) is 0.626. The van der Waals surface area contributed by atoms with Crippen molar-refractivity contribution in [2.45, 2.75) is 31.7 Å². The molecule has 0 bridgehead atoms. The van der Waals surface area contributed by atoms with Crippen LogP contribution in [0.3, 0.4) is 0 Å². The maximum atomic E-state index is 8.86. The van der Waals surface area contributed by atoms with Gasteiger partial charge in [0.1, 0.15) is 0 Å². The summed E-state index contributed by atoms with van der Waals surface area (Å²) >= 11 is 0. The number of rotatable bonds is 6. The molecule has 1 rings (SSSR count). The molecule has 0 saturated carbocycles. The predicted molar refractivity (Wildman–Crippen MR) is 52.8 cm³/mol. The van der Waals surface area contributed by atoms with Crippen molar-refractivity contribution in [1.82, 2.24) is 4.90 Å². The van der Waals surface area contributed by atoms with Gasteiger partial charge in [-0.3, -0.25) is 0 Å². The SMILES string of the molecule is COCCCN1CCCC1CCO. The Bertz CT molecular complexity index is 130. The molecule has 1 unspecified atom stereocenters. The number of ether oxygens (including phenoxy) is 1. The molecule has 0 radical (unpaired) electrons. The van der Waals surface area contributed by atoms with Crippen LogP contribution in [0, 0.1) is 0 Å². The average molecular weight is 187 g/mol. The highest BCUT2D eigenvalue weighted by Gasteiger charge is 2.22. The number of hydrogen-bond acceptors (Lipinski definition) is 3. The van der Waals surface area contributed by atoms with Gasteiger partial charge in [0.2, 0.25) is 0 Å². The molecule has 1 N–H and O–H groups in total. The number of likely N-dealkylation sites (tertiary alicyclic amines) is 1. The summed E-state index contributed by atoms with van der Waals surface area (Å²) in [6, 6.07) is 0.627. The third kappa shape index (κ3) is 3.63. The monoisotopic (exact) mass is 187 g/mol. The molecule has 0 amide bonds. The fraction of sp³-hybridized carbons (Fsp3) is 1.00. The van der Waals surface area contributed by atoms with Gasteiger partial charge in [0, 0.05) is 32.9 Å². The molecule has 1 saturated heterocycles. The Balaban J connectivity index is 2.15. The summed E-state index contributed by atoms with van der Waals surface area (Å²) in [7, 11) is 1.75. The van der Waals surface area contributed by atoms with E-state index in [2.05, 4.69) is 4.90 Å². The number of aliphatic hydroxyl groups is 1. The van der Waals surface area contributed by atoms with Crippen molar-refractivity contribution in [2.24, 2.45) is 0 Å².